The lowest BCUT2D eigenvalue weighted by Crippen LogP contribution is -2.51. The fourth-order valence-electron chi connectivity index (χ4n) is 2.15. The number of rotatable bonds is 4. The number of phenols is 1. The molecule has 0 aromatic heterocycles. The first-order chi connectivity index (χ1) is 10.0. The number of amides is 2. The summed E-state index contributed by atoms with van der Waals surface area (Å²) in [7, 11) is 0. The standard InChI is InChI=1S/C15H16N2O4/c1-3-8-21-14(19)12-9(2)16-15(20)17-13(12)10-4-6-11(18)7-5-10/h3-7,12-13,18H,1-2,8H2,(H2,16,17,20)/t12-,13+/m1/s1. The highest BCUT2D eigenvalue weighted by Crippen LogP contribution is 2.31. The van der Waals surface area contributed by atoms with Crippen molar-refractivity contribution in [1.82, 2.24) is 10.6 Å². The minimum Gasteiger partial charge on any atom is -0.508 e. The highest BCUT2D eigenvalue weighted by molar-refractivity contribution is 5.85. The van der Waals surface area contributed by atoms with Gasteiger partial charge in [-0.1, -0.05) is 31.4 Å². The van der Waals surface area contributed by atoms with Crippen LogP contribution < -0.4 is 10.6 Å². The number of hydrogen-bond donors (Lipinski definition) is 3. The van der Waals surface area contributed by atoms with Crippen LogP contribution in [0.15, 0.2) is 49.2 Å². The zero-order valence-corrected chi connectivity index (χ0v) is 11.3. The van der Waals surface area contributed by atoms with Crippen LogP contribution in [0.4, 0.5) is 4.79 Å². The summed E-state index contributed by atoms with van der Waals surface area (Å²) in [5.41, 5.74) is 0.940. The van der Waals surface area contributed by atoms with Gasteiger partial charge in [-0.3, -0.25) is 4.79 Å². The topological polar surface area (TPSA) is 87.7 Å². The van der Waals surface area contributed by atoms with Crippen LogP contribution in [-0.2, 0) is 9.53 Å². The molecule has 1 aromatic rings. The third kappa shape index (κ3) is 3.22. The molecule has 2 atom stereocenters. The van der Waals surface area contributed by atoms with Gasteiger partial charge in [0.15, 0.2) is 0 Å². The number of benzene rings is 1. The maximum atomic E-state index is 12.2. The Morgan fingerprint density at radius 2 is 2.05 bits per heavy atom. The molecule has 1 saturated heterocycles. The van der Waals surface area contributed by atoms with Crippen molar-refractivity contribution in [2.75, 3.05) is 6.61 Å². The van der Waals surface area contributed by atoms with Crippen LogP contribution in [0, 0.1) is 5.92 Å². The van der Waals surface area contributed by atoms with E-state index < -0.39 is 24.0 Å². The summed E-state index contributed by atoms with van der Waals surface area (Å²) in [6.45, 7) is 7.29. The number of ether oxygens (including phenoxy) is 1. The van der Waals surface area contributed by atoms with E-state index in [1.165, 1.54) is 18.2 Å². The number of nitrogens with one attached hydrogen (secondary N) is 2. The lowest BCUT2D eigenvalue weighted by atomic mass is 9.89. The van der Waals surface area contributed by atoms with Gasteiger partial charge in [0.2, 0.25) is 0 Å². The molecule has 2 amide bonds. The van der Waals surface area contributed by atoms with Crippen molar-refractivity contribution in [2.24, 2.45) is 5.92 Å². The van der Waals surface area contributed by atoms with E-state index in [2.05, 4.69) is 23.8 Å². The van der Waals surface area contributed by atoms with E-state index in [-0.39, 0.29) is 18.1 Å². The van der Waals surface area contributed by atoms with Crippen molar-refractivity contribution in [1.29, 1.82) is 0 Å². The molecule has 3 N–H and O–H groups in total. The van der Waals surface area contributed by atoms with Gasteiger partial charge in [0, 0.05) is 5.70 Å². The molecule has 0 saturated carbocycles. The normalized spacial score (nSPS) is 21.1. The number of carbonyl (C=O) groups excluding carboxylic acids is 2. The van der Waals surface area contributed by atoms with Gasteiger partial charge in [-0.15, -0.1) is 0 Å². The second-order valence-corrected chi connectivity index (χ2v) is 4.59. The lowest BCUT2D eigenvalue weighted by Gasteiger charge is -2.33. The molecule has 6 nitrogen and oxygen atoms in total. The Bertz CT molecular complexity index is 580. The van der Waals surface area contributed by atoms with Crippen LogP contribution in [0.3, 0.4) is 0 Å². The fraction of sp³-hybridized carbons (Fsp3) is 0.200. The van der Waals surface area contributed by atoms with E-state index in [4.69, 9.17) is 4.74 Å². The van der Waals surface area contributed by atoms with Crippen molar-refractivity contribution in [3.8, 4) is 5.75 Å². The average molecular weight is 288 g/mol. The smallest absolute Gasteiger partial charge is 0.319 e. The molecule has 1 fully saturated rings. The summed E-state index contributed by atoms with van der Waals surface area (Å²) in [6, 6.07) is 5.19. The number of urea groups is 1. The third-order valence-electron chi connectivity index (χ3n) is 3.12. The number of esters is 1. The molecule has 1 aromatic carbocycles. The van der Waals surface area contributed by atoms with Gasteiger partial charge >= 0.3 is 12.0 Å². The van der Waals surface area contributed by atoms with Gasteiger partial charge in [-0.2, -0.15) is 0 Å². The Morgan fingerprint density at radius 3 is 2.67 bits per heavy atom. The Kier molecular flexibility index (Phi) is 4.27. The third-order valence-corrected chi connectivity index (χ3v) is 3.12. The molecule has 0 aliphatic carbocycles. The van der Waals surface area contributed by atoms with Crippen LogP contribution in [0.1, 0.15) is 11.6 Å². The number of phenolic OH excluding ortho intramolecular Hbond substituents is 1. The summed E-state index contributed by atoms with van der Waals surface area (Å²) in [6.07, 6.45) is 1.46. The molecule has 110 valence electrons. The molecule has 0 spiro atoms. The summed E-state index contributed by atoms with van der Waals surface area (Å²) in [5, 5.41) is 14.5. The first-order valence-corrected chi connectivity index (χ1v) is 6.35. The Labute approximate surface area is 122 Å². The van der Waals surface area contributed by atoms with Gasteiger partial charge in [0.1, 0.15) is 18.3 Å². The van der Waals surface area contributed by atoms with Crippen LogP contribution in [0.2, 0.25) is 0 Å². The van der Waals surface area contributed by atoms with E-state index >= 15 is 0 Å². The molecule has 6 heteroatoms. The van der Waals surface area contributed by atoms with Crippen molar-refractivity contribution in [2.45, 2.75) is 6.04 Å². The largest absolute Gasteiger partial charge is 0.508 e. The van der Waals surface area contributed by atoms with E-state index in [1.807, 2.05) is 0 Å². The van der Waals surface area contributed by atoms with E-state index in [1.54, 1.807) is 12.1 Å². The predicted octanol–water partition coefficient (Wildman–Crippen LogP) is 1.61. The highest BCUT2D eigenvalue weighted by Gasteiger charge is 2.38. The number of aromatic hydroxyl groups is 1. The van der Waals surface area contributed by atoms with Crippen LogP contribution in [0.5, 0.6) is 5.75 Å². The highest BCUT2D eigenvalue weighted by atomic mass is 16.5. The van der Waals surface area contributed by atoms with Crippen molar-refractivity contribution in [3.05, 3.63) is 54.8 Å². The van der Waals surface area contributed by atoms with Crippen LogP contribution >= 0.6 is 0 Å². The zero-order valence-electron chi connectivity index (χ0n) is 11.3. The van der Waals surface area contributed by atoms with Crippen LogP contribution in [0.25, 0.3) is 0 Å². The van der Waals surface area contributed by atoms with Gasteiger partial charge < -0.3 is 20.5 Å². The van der Waals surface area contributed by atoms with E-state index in [0.717, 1.165) is 0 Å². The average Bonchev–Trinajstić information content (AvgIpc) is 2.44. The molecular weight excluding hydrogens is 272 g/mol. The summed E-state index contributed by atoms with van der Waals surface area (Å²) in [5.74, 6) is -1.17. The first-order valence-electron chi connectivity index (χ1n) is 6.35. The first kappa shape index (κ1) is 14.6. The molecule has 0 radical (unpaired) electrons. The molecule has 1 aliphatic heterocycles. The van der Waals surface area contributed by atoms with Crippen molar-refractivity contribution in [3.63, 3.8) is 0 Å². The Balaban J connectivity index is 2.30. The van der Waals surface area contributed by atoms with Gasteiger partial charge in [0.25, 0.3) is 0 Å². The summed E-state index contributed by atoms with van der Waals surface area (Å²) < 4.78 is 5.05. The number of hydrogen-bond acceptors (Lipinski definition) is 4. The SMILES string of the molecule is C=CCOC(=O)[C@@H]1C(=C)NC(=O)N[C@H]1c1ccc(O)cc1. The predicted molar refractivity (Wildman–Crippen MR) is 76.3 cm³/mol. The van der Waals surface area contributed by atoms with E-state index in [9.17, 15) is 14.7 Å². The Hall–Kier alpha value is -2.76. The van der Waals surface area contributed by atoms with Crippen molar-refractivity contribution >= 4 is 12.0 Å². The van der Waals surface area contributed by atoms with Crippen LogP contribution in [-0.4, -0.2) is 23.7 Å². The molecule has 1 heterocycles. The molecule has 1 aliphatic rings. The molecule has 0 bridgehead atoms. The van der Waals surface area contributed by atoms with Gasteiger partial charge in [-0.25, -0.2) is 4.79 Å². The van der Waals surface area contributed by atoms with E-state index in [0.29, 0.717) is 5.56 Å². The molecule has 0 unspecified atom stereocenters. The fourth-order valence-corrected chi connectivity index (χ4v) is 2.15. The maximum Gasteiger partial charge on any atom is 0.319 e. The monoisotopic (exact) mass is 288 g/mol. The Morgan fingerprint density at radius 1 is 1.38 bits per heavy atom. The molecule has 21 heavy (non-hydrogen) atoms. The maximum absolute atomic E-state index is 12.2. The molecule has 2 rings (SSSR count). The summed E-state index contributed by atoms with van der Waals surface area (Å²) in [4.78, 5) is 23.8. The van der Waals surface area contributed by atoms with Gasteiger partial charge in [0.05, 0.1) is 6.04 Å². The quantitative estimate of drug-likeness (QED) is 0.580. The minimum atomic E-state index is -0.757. The lowest BCUT2D eigenvalue weighted by molar-refractivity contribution is -0.147. The van der Waals surface area contributed by atoms with Crippen molar-refractivity contribution < 1.29 is 19.4 Å². The summed E-state index contributed by atoms with van der Waals surface area (Å²) >= 11 is 0. The number of carbonyl (C=O) groups is 2. The minimum absolute atomic E-state index is 0.0822. The zero-order chi connectivity index (χ0) is 15.4. The molecular formula is C15H16N2O4. The van der Waals surface area contributed by atoms with Gasteiger partial charge in [-0.05, 0) is 17.7 Å². The second kappa shape index (κ2) is 6.13. The second-order valence-electron chi connectivity index (χ2n) is 4.59.